The Morgan fingerprint density at radius 3 is 2.72 bits per heavy atom. The minimum absolute atomic E-state index is 0.0795. The summed E-state index contributed by atoms with van der Waals surface area (Å²) in [7, 11) is 0. The van der Waals surface area contributed by atoms with Gasteiger partial charge in [-0.2, -0.15) is 5.10 Å². The van der Waals surface area contributed by atoms with Crippen molar-refractivity contribution in [3.63, 3.8) is 0 Å². The van der Waals surface area contributed by atoms with E-state index in [4.69, 9.17) is 10.5 Å². The van der Waals surface area contributed by atoms with Crippen LogP contribution in [0.3, 0.4) is 0 Å². The van der Waals surface area contributed by atoms with Crippen molar-refractivity contribution in [1.82, 2.24) is 15.2 Å². The molecule has 5 heteroatoms. The summed E-state index contributed by atoms with van der Waals surface area (Å²) in [5.41, 5.74) is 14.2. The summed E-state index contributed by atoms with van der Waals surface area (Å²) in [6.45, 7) is 6.69. The van der Waals surface area contributed by atoms with Crippen LogP contribution in [0.5, 0.6) is 5.75 Å². The Bertz CT molecular complexity index is 1150. The van der Waals surface area contributed by atoms with Gasteiger partial charge < -0.3 is 10.5 Å². The smallest absolute Gasteiger partial charge is 0.138 e. The zero-order valence-corrected chi connectivity index (χ0v) is 17.1. The lowest BCUT2D eigenvalue weighted by molar-refractivity contribution is 0.286. The van der Waals surface area contributed by atoms with E-state index in [9.17, 15) is 0 Å². The van der Waals surface area contributed by atoms with Gasteiger partial charge in [0.1, 0.15) is 12.4 Å². The van der Waals surface area contributed by atoms with Crippen LogP contribution in [0.15, 0.2) is 54.9 Å². The summed E-state index contributed by atoms with van der Waals surface area (Å²) in [6.07, 6.45) is 4.37. The highest BCUT2D eigenvalue weighted by atomic mass is 16.5. The van der Waals surface area contributed by atoms with Crippen molar-refractivity contribution in [3.8, 4) is 16.9 Å². The third-order valence-electron chi connectivity index (χ3n) is 5.24. The third kappa shape index (κ3) is 4.30. The largest absolute Gasteiger partial charge is 0.490 e. The normalized spacial score (nSPS) is 12.3. The van der Waals surface area contributed by atoms with Crippen molar-refractivity contribution in [3.05, 3.63) is 77.2 Å². The van der Waals surface area contributed by atoms with Gasteiger partial charge in [0.05, 0.1) is 11.7 Å². The van der Waals surface area contributed by atoms with Crippen molar-refractivity contribution >= 4 is 10.9 Å². The Labute approximate surface area is 170 Å². The Morgan fingerprint density at radius 1 is 1.00 bits per heavy atom. The first kappa shape index (κ1) is 19.2. The number of aromatic amines is 1. The van der Waals surface area contributed by atoms with E-state index in [-0.39, 0.29) is 6.04 Å². The third-order valence-corrected chi connectivity index (χ3v) is 5.24. The van der Waals surface area contributed by atoms with E-state index in [2.05, 4.69) is 59.4 Å². The molecule has 0 saturated heterocycles. The number of fused-ring (bicyclic) bond motifs is 1. The average Bonchev–Trinajstić information content (AvgIpc) is 3.10. The highest BCUT2D eigenvalue weighted by Gasteiger charge is 2.10. The molecular formula is C24H26N4O. The molecule has 5 nitrogen and oxygen atoms in total. The fraction of sp³-hybridized carbons (Fsp3) is 0.250. The van der Waals surface area contributed by atoms with E-state index in [0.717, 1.165) is 39.9 Å². The molecular weight excluding hydrogens is 360 g/mol. The van der Waals surface area contributed by atoms with Crippen molar-refractivity contribution in [2.24, 2.45) is 5.73 Å². The molecule has 0 bridgehead atoms. The summed E-state index contributed by atoms with van der Waals surface area (Å²) in [6, 6.07) is 14.6. The predicted molar refractivity (Wildman–Crippen MR) is 117 cm³/mol. The van der Waals surface area contributed by atoms with Crippen molar-refractivity contribution in [2.75, 3.05) is 6.61 Å². The molecule has 0 aliphatic rings. The van der Waals surface area contributed by atoms with E-state index in [1.807, 2.05) is 25.3 Å². The number of aryl methyl sites for hydroxylation is 3. The second kappa shape index (κ2) is 8.05. The molecule has 0 fully saturated rings. The molecule has 0 radical (unpaired) electrons. The van der Waals surface area contributed by atoms with E-state index in [0.29, 0.717) is 6.61 Å². The first-order valence-corrected chi connectivity index (χ1v) is 9.84. The Balaban J connectivity index is 1.45. The van der Waals surface area contributed by atoms with Crippen LogP contribution < -0.4 is 10.5 Å². The van der Waals surface area contributed by atoms with Crippen LogP contribution in [-0.2, 0) is 6.42 Å². The van der Waals surface area contributed by atoms with Gasteiger partial charge in [0.2, 0.25) is 0 Å². The van der Waals surface area contributed by atoms with Crippen LogP contribution >= 0.6 is 0 Å². The lowest BCUT2D eigenvalue weighted by Gasteiger charge is -2.15. The molecule has 3 N–H and O–H groups in total. The zero-order chi connectivity index (χ0) is 20.4. The van der Waals surface area contributed by atoms with Gasteiger partial charge in [0.15, 0.2) is 0 Å². The molecule has 0 saturated carbocycles. The van der Waals surface area contributed by atoms with Gasteiger partial charge in [-0.25, -0.2) is 0 Å². The van der Waals surface area contributed by atoms with Crippen LogP contribution in [-0.4, -0.2) is 27.8 Å². The molecule has 29 heavy (non-hydrogen) atoms. The van der Waals surface area contributed by atoms with Gasteiger partial charge in [-0.3, -0.25) is 10.1 Å². The standard InChI is InChI=1S/C24H26N4O/c1-15-4-5-16(2)19(8-15)9-21(25)14-29-22-10-20(12-26-13-22)18-6-7-24-23(11-18)17(3)27-28-24/h4-8,10-13,21H,9,14,25H2,1-3H3,(H,27,28)/t21-/m0/s1. The first-order valence-electron chi connectivity index (χ1n) is 9.84. The van der Waals surface area contributed by atoms with Crippen LogP contribution in [0.2, 0.25) is 0 Å². The number of hydrogen-bond acceptors (Lipinski definition) is 4. The Morgan fingerprint density at radius 2 is 1.86 bits per heavy atom. The summed E-state index contributed by atoms with van der Waals surface area (Å²) < 4.78 is 5.96. The van der Waals surface area contributed by atoms with Crippen LogP contribution in [0.4, 0.5) is 0 Å². The minimum atomic E-state index is -0.0795. The summed E-state index contributed by atoms with van der Waals surface area (Å²) in [4.78, 5) is 4.35. The number of benzene rings is 2. The first-order chi connectivity index (χ1) is 14.0. The molecule has 0 aliphatic carbocycles. The number of pyridine rings is 1. The maximum Gasteiger partial charge on any atom is 0.138 e. The molecule has 0 aliphatic heterocycles. The quantitative estimate of drug-likeness (QED) is 0.511. The van der Waals surface area contributed by atoms with E-state index in [1.54, 1.807) is 6.20 Å². The number of aromatic nitrogens is 3. The van der Waals surface area contributed by atoms with Crippen LogP contribution in [0.25, 0.3) is 22.0 Å². The Hall–Kier alpha value is -3.18. The zero-order valence-electron chi connectivity index (χ0n) is 17.1. The molecule has 4 rings (SSSR count). The van der Waals surface area contributed by atoms with Crippen molar-refractivity contribution < 1.29 is 4.74 Å². The maximum absolute atomic E-state index is 6.33. The van der Waals surface area contributed by atoms with E-state index >= 15 is 0 Å². The number of nitrogens with zero attached hydrogens (tertiary/aromatic N) is 2. The SMILES string of the molecule is Cc1ccc(C)c(C[C@H](N)COc2cncc(-c3ccc4n[nH]c(C)c4c3)c2)c1. The molecule has 4 aromatic rings. The fourth-order valence-electron chi connectivity index (χ4n) is 3.54. The van der Waals surface area contributed by atoms with Crippen molar-refractivity contribution in [2.45, 2.75) is 33.2 Å². The minimum Gasteiger partial charge on any atom is -0.490 e. The lowest BCUT2D eigenvalue weighted by atomic mass is 10.00. The number of nitrogens with two attached hydrogens (primary N) is 1. The van der Waals surface area contributed by atoms with Gasteiger partial charge in [0, 0.05) is 28.9 Å². The predicted octanol–water partition coefficient (Wildman–Crippen LogP) is 4.50. The second-order valence-electron chi connectivity index (χ2n) is 7.70. The molecule has 2 aromatic heterocycles. The molecule has 0 unspecified atom stereocenters. The van der Waals surface area contributed by atoms with Gasteiger partial charge in [-0.15, -0.1) is 0 Å². The highest BCUT2D eigenvalue weighted by molar-refractivity contribution is 5.86. The second-order valence-corrected chi connectivity index (χ2v) is 7.70. The maximum atomic E-state index is 6.33. The molecule has 148 valence electrons. The average molecular weight is 386 g/mol. The lowest BCUT2D eigenvalue weighted by Crippen LogP contribution is -2.30. The van der Waals surface area contributed by atoms with Gasteiger partial charge in [0.25, 0.3) is 0 Å². The Kier molecular flexibility index (Phi) is 5.32. The molecule has 0 amide bonds. The molecule has 2 aromatic carbocycles. The van der Waals surface area contributed by atoms with Crippen molar-refractivity contribution in [1.29, 1.82) is 0 Å². The molecule has 2 heterocycles. The summed E-state index contributed by atoms with van der Waals surface area (Å²) >= 11 is 0. The summed E-state index contributed by atoms with van der Waals surface area (Å²) in [5, 5.41) is 8.42. The van der Waals surface area contributed by atoms with Crippen LogP contribution in [0, 0.1) is 20.8 Å². The van der Waals surface area contributed by atoms with E-state index < -0.39 is 0 Å². The topological polar surface area (TPSA) is 76.8 Å². The molecule has 1 atom stereocenters. The fourth-order valence-corrected chi connectivity index (χ4v) is 3.54. The van der Waals surface area contributed by atoms with Gasteiger partial charge in [-0.1, -0.05) is 29.8 Å². The number of H-pyrrole nitrogens is 1. The summed E-state index contributed by atoms with van der Waals surface area (Å²) in [5.74, 6) is 0.725. The monoisotopic (exact) mass is 386 g/mol. The van der Waals surface area contributed by atoms with Gasteiger partial charge >= 0.3 is 0 Å². The number of hydrogen-bond donors (Lipinski definition) is 2. The van der Waals surface area contributed by atoms with E-state index in [1.165, 1.54) is 16.7 Å². The number of nitrogens with one attached hydrogen (secondary N) is 1. The highest BCUT2D eigenvalue weighted by Crippen LogP contribution is 2.27. The van der Waals surface area contributed by atoms with Crippen LogP contribution in [0.1, 0.15) is 22.4 Å². The number of ether oxygens (including phenoxy) is 1. The molecule has 0 spiro atoms. The number of rotatable bonds is 6. The van der Waals surface area contributed by atoms with Gasteiger partial charge in [-0.05, 0) is 62.1 Å².